The molecule has 0 spiro atoms. The Hall–Kier alpha value is -1.37. The van der Waals surface area contributed by atoms with E-state index in [1.54, 1.807) is 0 Å². The van der Waals surface area contributed by atoms with Gasteiger partial charge >= 0.3 is 6.18 Å². The first-order chi connectivity index (χ1) is 8.38. The molecule has 0 saturated carbocycles. The number of nitrogens with zero attached hydrogens (tertiary/aromatic N) is 1. The molecule has 96 valence electrons. The van der Waals surface area contributed by atoms with E-state index in [-0.39, 0.29) is 16.8 Å². The first-order valence-corrected chi connectivity index (χ1v) is 5.90. The van der Waals surface area contributed by atoms with Crippen molar-refractivity contribution in [2.24, 2.45) is 5.10 Å². The molecule has 0 unspecified atom stereocenters. The lowest BCUT2D eigenvalue weighted by Gasteiger charge is -2.15. The van der Waals surface area contributed by atoms with Crippen LogP contribution in [0.3, 0.4) is 0 Å². The summed E-state index contributed by atoms with van der Waals surface area (Å²) < 4.78 is 38.1. The van der Waals surface area contributed by atoms with Crippen molar-refractivity contribution in [3.8, 4) is 0 Å². The molecular weight excluding hydrogens is 313 g/mol. The van der Waals surface area contributed by atoms with E-state index in [0.717, 1.165) is 6.07 Å². The Bertz CT molecular complexity index is 526. The van der Waals surface area contributed by atoms with Crippen LogP contribution in [0.25, 0.3) is 0 Å². The van der Waals surface area contributed by atoms with Crippen LogP contribution in [0.4, 0.5) is 13.2 Å². The summed E-state index contributed by atoms with van der Waals surface area (Å²) >= 11 is 2.87. The predicted octanol–water partition coefficient (Wildman–Crippen LogP) is 3.08. The average molecular weight is 321 g/mol. The molecular formula is C11H8BrF3N2O. The summed E-state index contributed by atoms with van der Waals surface area (Å²) in [6.45, 7) is 0. The molecule has 0 saturated heterocycles. The molecule has 0 atom stereocenters. The van der Waals surface area contributed by atoms with Gasteiger partial charge in [-0.2, -0.15) is 18.3 Å². The maximum atomic E-state index is 12.7. The fourth-order valence-electron chi connectivity index (χ4n) is 1.60. The average Bonchev–Trinajstić information content (AvgIpc) is 2.29. The first kappa shape index (κ1) is 13.1. The van der Waals surface area contributed by atoms with Gasteiger partial charge < -0.3 is 0 Å². The SMILES string of the molecule is O=C1CCC(c2ccc(Br)c(C(F)(F)F)c2)=NN1. The van der Waals surface area contributed by atoms with Gasteiger partial charge in [0.2, 0.25) is 5.91 Å². The van der Waals surface area contributed by atoms with Crippen molar-refractivity contribution in [3.63, 3.8) is 0 Å². The van der Waals surface area contributed by atoms with Gasteiger partial charge in [-0.3, -0.25) is 4.79 Å². The monoisotopic (exact) mass is 320 g/mol. The van der Waals surface area contributed by atoms with Crippen LogP contribution in [0.5, 0.6) is 0 Å². The second kappa shape index (κ2) is 4.72. The number of hydrogen-bond acceptors (Lipinski definition) is 2. The smallest absolute Gasteiger partial charge is 0.273 e. The predicted molar refractivity (Wildman–Crippen MR) is 63.1 cm³/mol. The number of carbonyl (C=O) groups excluding carboxylic acids is 1. The van der Waals surface area contributed by atoms with Crippen molar-refractivity contribution in [2.75, 3.05) is 0 Å². The fourth-order valence-corrected chi connectivity index (χ4v) is 2.08. The van der Waals surface area contributed by atoms with E-state index >= 15 is 0 Å². The van der Waals surface area contributed by atoms with Crippen LogP contribution in [0.2, 0.25) is 0 Å². The van der Waals surface area contributed by atoms with Crippen molar-refractivity contribution >= 4 is 27.5 Å². The van der Waals surface area contributed by atoms with Crippen molar-refractivity contribution in [1.29, 1.82) is 0 Å². The minimum Gasteiger partial charge on any atom is -0.273 e. The Morgan fingerprint density at radius 3 is 2.56 bits per heavy atom. The standard InChI is InChI=1S/C11H8BrF3N2O/c12-8-2-1-6(5-7(8)11(13,14)15)9-3-4-10(18)17-16-9/h1-2,5H,3-4H2,(H,17,18). The highest BCUT2D eigenvalue weighted by molar-refractivity contribution is 9.10. The topological polar surface area (TPSA) is 41.5 Å². The number of benzene rings is 1. The highest BCUT2D eigenvalue weighted by Crippen LogP contribution is 2.35. The van der Waals surface area contributed by atoms with Gasteiger partial charge in [0.1, 0.15) is 0 Å². The van der Waals surface area contributed by atoms with E-state index in [1.807, 2.05) is 0 Å². The van der Waals surface area contributed by atoms with Crippen molar-refractivity contribution < 1.29 is 18.0 Å². The number of amides is 1. The van der Waals surface area contributed by atoms with Crippen molar-refractivity contribution in [3.05, 3.63) is 33.8 Å². The van der Waals surface area contributed by atoms with E-state index in [1.165, 1.54) is 12.1 Å². The van der Waals surface area contributed by atoms with Gasteiger partial charge in [0.25, 0.3) is 0 Å². The zero-order chi connectivity index (χ0) is 13.3. The molecule has 1 aromatic rings. The molecule has 3 nitrogen and oxygen atoms in total. The molecule has 0 fully saturated rings. The second-order valence-corrected chi connectivity index (χ2v) is 4.64. The number of alkyl halides is 3. The minimum absolute atomic E-state index is 0.0146. The third kappa shape index (κ3) is 2.72. The highest BCUT2D eigenvalue weighted by Gasteiger charge is 2.33. The van der Waals surface area contributed by atoms with E-state index in [9.17, 15) is 18.0 Å². The zero-order valence-corrected chi connectivity index (χ0v) is 10.6. The summed E-state index contributed by atoms with van der Waals surface area (Å²) in [6, 6.07) is 3.90. The fraction of sp³-hybridized carbons (Fsp3) is 0.273. The van der Waals surface area contributed by atoms with E-state index < -0.39 is 11.7 Å². The normalized spacial score (nSPS) is 16.2. The van der Waals surface area contributed by atoms with Crippen LogP contribution in [-0.2, 0) is 11.0 Å². The number of nitrogens with one attached hydrogen (secondary N) is 1. The zero-order valence-electron chi connectivity index (χ0n) is 9.01. The van der Waals surface area contributed by atoms with Crippen LogP contribution < -0.4 is 5.43 Å². The van der Waals surface area contributed by atoms with Gasteiger partial charge in [-0.15, -0.1) is 0 Å². The third-order valence-corrected chi connectivity index (χ3v) is 3.20. The molecule has 0 bridgehead atoms. The summed E-state index contributed by atoms with van der Waals surface area (Å²) in [5.74, 6) is -0.230. The molecule has 18 heavy (non-hydrogen) atoms. The Morgan fingerprint density at radius 1 is 1.28 bits per heavy atom. The second-order valence-electron chi connectivity index (χ2n) is 3.79. The van der Waals surface area contributed by atoms with Gasteiger partial charge in [-0.25, -0.2) is 5.43 Å². The Balaban J connectivity index is 2.39. The van der Waals surface area contributed by atoms with Crippen LogP contribution in [-0.4, -0.2) is 11.6 Å². The van der Waals surface area contributed by atoms with Gasteiger partial charge in [0.15, 0.2) is 0 Å². The lowest BCUT2D eigenvalue weighted by atomic mass is 10.0. The summed E-state index contributed by atoms with van der Waals surface area (Å²) in [5.41, 5.74) is 2.33. The Morgan fingerprint density at radius 2 is 2.00 bits per heavy atom. The van der Waals surface area contributed by atoms with Crippen molar-refractivity contribution in [1.82, 2.24) is 5.43 Å². The van der Waals surface area contributed by atoms with Crippen LogP contribution in [0, 0.1) is 0 Å². The molecule has 1 aromatic carbocycles. The Kier molecular flexibility index (Phi) is 3.43. The maximum absolute atomic E-state index is 12.7. The quantitative estimate of drug-likeness (QED) is 0.848. The summed E-state index contributed by atoms with van der Waals surface area (Å²) in [6.07, 6.45) is -3.85. The number of carbonyl (C=O) groups is 1. The van der Waals surface area contributed by atoms with E-state index in [4.69, 9.17) is 0 Å². The molecule has 1 amide bonds. The van der Waals surface area contributed by atoms with E-state index in [0.29, 0.717) is 17.7 Å². The van der Waals surface area contributed by atoms with Gasteiger partial charge in [-0.05, 0) is 17.7 Å². The molecule has 2 rings (SSSR count). The van der Waals surface area contributed by atoms with Gasteiger partial charge in [-0.1, -0.05) is 22.0 Å². The lowest BCUT2D eigenvalue weighted by molar-refractivity contribution is -0.138. The largest absolute Gasteiger partial charge is 0.417 e. The lowest BCUT2D eigenvalue weighted by Crippen LogP contribution is -2.26. The molecule has 0 aromatic heterocycles. The number of hydrogen-bond donors (Lipinski definition) is 1. The summed E-state index contributed by atoms with van der Waals surface area (Å²) in [7, 11) is 0. The molecule has 1 aliphatic heterocycles. The minimum atomic E-state index is -4.42. The molecule has 1 N–H and O–H groups in total. The van der Waals surface area contributed by atoms with Crippen molar-refractivity contribution in [2.45, 2.75) is 19.0 Å². The number of hydrazone groups is 1. The van der Waals surface area contributed by atoms with Crippen LogP contribution >= 0.6 is 15.9 Å². The van der Waals surface area contributed by atoms with Crippen LogP contribution in [0.15, 0.2) is 27.8 Å². The maximum Gasteiger partial charge on any atom is 0.417 e. The first-order valence-electron chi connectivity index (χ1n) is 5.10. The number of rotatable bonds is 1. The van der Waals surface area contributed by atoms with Gasteiger partial charge in [0, 0.05) is 17.3 Å². The molecule has 0 aliphatic carbocycles. The van der Waals surface area contributed by atoms with Crippen LogP contribution in [0.1, 0.15) is 24.0 Å². The summed E-state index contributed by atoms with van der Waals surface area (Å²) in [5, 5.41) is 3.77. The molecule has 7 heteroatoms. The molecule has 0 radical (unpaired) electrons. The van der Waals surface area contributed by atoms with Gasteiger partial charge in [0.05, 0.1) is 11.3 Å². The van der Waals surface area contributed by atoms with E-state index in [2.05, 4.69) is 26.5 Å². The third-order valence-electron chi connectivity index (χ3n) is 2.51. The molecule has 1 aliphatic rings. The number of halogens is 4. The molecule has 1 heterocycles. The Labute approximate surface area is 109 Å². The highest BCUT2D eigenvalue weighted by atomic mass is 79.9. The summed E-state index contributed by atoms with van der Waals surface area (Å²) in [4.78, 5) is 10.9.